The molecule has 0 spiro atoms. The van der Waals surface area contributed by atoms with E-state index in [9.17, 15) is 4.39 Å². The van der Waals surface area contributed by atoms with Gasteiger partial charge in [0, 0.05) is 18.5 Å². The van der Waals surface area contributed by atoms with Crippen molar-refractivity contribution in [2.75, 3.05) is 19.7 Å². The maximum atomic E-state index is 12.8. The van der Waals surface area contributed by atoms with Gasteiger partial charge in [-0.15, -0.1) is 0 Å². The van der Waals surface area contributed by atoms with Gasteiger partial charge in [0.15, 0.2) is 0 Å². The average molecular weight is 195 g/mol. The van der Waals surface area contributed by atoms with Crippen LogP contribution in [0.15, 0.2) is 24.3 Å². The van der Waals surface area contributed by atoms with Gasteiger partial charge >= 0.3 is 0 Å². The van der Waals surface area contributed by atoms with Crippen LogP contribution >= 0.6 is 0 Å². The molecular weight excluding hydrogens is 181 g/mol. The van der Waals surface area contributed by atoms with Crippen LogP contribution in [0.5, 0.6) is 5.75 Å². The molecule has 1 aliphatic heterocycles. The number of benzene rings is 1. The Balaban J connectivity index is 1.85. The van der Waals surface area contributed by atoms with E-state index in [0.717, 1.165) is 19.5 Å². The van der Waals surface area contributed by atoms with Gasteiger partial charge in [-0.1, -0.05) is 6.07 Å². The van der Waals surface area contributed by atoms with Crippen LogP contribution in [-0.2, 0) is 0 Å². The fraction of sp³-hybridized carbons (Fsp3) is 0.455. The van der Waals surface area contributed by atoms with E-state index in [-0.39, 0.29) is 5.82 Å². The molecule has 1 aromatic carbocycles. The van der Waals surface area contributed by atoms with Crippen LogP contribution in [0.3, 0.4) is 0 Å². The van der Waals surface area contributed by atoms with Crippen LogP contribution in [-0.4, -0.2) is 19.7 Å². The third-order valence-corrected chi connectivity index (χ3v) is 2.44. The lowest BCUT2D eigenvalue weighted by atomic mass is 10.1. The van der Waals surface area contributed by atoms with Crippen molar-refractivity contribution in [2.45, 2.75) is 6.42 Å². The second-order valence-electron chi connectivity index (χ2n) is 3.63. The molecule has 1 atom stereocenters. The first kappa shape index (κ1) is 9.46. The molecule has 1 heterocycles. The largest absolute Gasteiger partial charge is 0.493 e. The Labute approximate surface area is 83.1 Å². The minimum atomic E-state index is -0.243. The Morgan fingerprint density at radius 2 is 2.43 bits per heavy atom. The fourth-order valence-electron chi connectivity index (χ4n) is 1.63. The van der Waals surface area contributed by atoms with Crippen LogP contribution in [0.4, 0.5) is 4.39 Å². The van der Waals surface area contributed by atoms with Crippen LogP contribution in [0, 0.1) is 11.7 Å². The van der Waals surface area contributed by atoms with Gasteiger partial charge in [-0.3, -0.25) is 0 Å². The summed E-state index contributed by atoms with van der Waals surface area (Å²) in [6, 6.07) is 6.29. The highest BCUT2D eigenvalue weighted by atomic mass is 19.1. The quantitative estimate of drug-likeness (QED) is 0.794. The van der Waals surface area contributed by atoms with Crippen LogP contribution in [0.2, 0.25) is 0 Å². The summed E-state index contributed by atoms with van der Waals surface area (Å²) in [5.74, 6) is 0.946. The highest BCUT2D eigenvalue weighted by molar-refractivity contribution is 5.22. The van der Waals surface area contributed by atoms with E-state index in [1.807, 2.05) is 0 Å². The van der Waals surface area contributed by atoms with E-state index in [0.29, 0.717) is 18.3 Å². The average Bonchev–Trinajstić information content (AvgIpc) is 2.67. The van der Waals surface area contributed by atoms with Crippen molar-refractivity contribution in [1.29, 1.82) is 0 Å². The summed E-state index contributed by atoms with van der Waals surface area (Å²) in [5.41, 5.74) is 0. The summed E-state index contributed by atoms with van der Waals surface area (Å²) in [4.78, 5) is 0. The molecule has 0 saturated carbocycles. The zero-order valence-corrected chi connectivity index (χ0v) is 8.00. The van der Waals surface area contributed by atoms with Gasteiger partial charge in [0.2, 0.25) is 0 Å². The Kier molecular flexibility index (Phi) is 2.99. The monoisotopic (exact) mass is 195 g/mol. The number of halogens is 1. The Bertz CT molecular complexity index is 297. The molecule has 1 aliphatic rings. The van der Waals surface area contributed by atoms with E-state index in [1.54, 1.807) is 12.1 Å². The molecule has 1 N–H and O–H groups in total. The van der Waals surface area contributed by atoms with E-state index < -0.39 is 0 Å². The van der Waals surface area contributed by atoms with Crippen LogP contribution in [0.1, 0.15) is 6.42 Å². The summed E-state index contributed by atoms with van der Waals surface area (Å²) in [6.45, 7) is 2.75. The molecule has 1 aromatic rings. The highest BCUT2D eigenvalue weighted by Gasteiger charge is 2.14. The van der Waals surface area contributed by atoms with Crippen molar-refractivity contribution in [3.8, 4) is 5.75 Å². The molecule has 76 valence electrons. The molecule has 0 amide bonds. The van der Waals surface area contributed by atoms with Gasteiger partial charge in [0.05, 0.1) is 6.61 Å². The predicted octanol–water partition coefficient (Wildman–Crippen LogP) is 1.81. The molecule has 0 radical (unpaired) electrons. The number of hydrogen-bond acceptors (Lipinski definition) is 2. The number of rotatable bonds is 3. The first-order valence-electron chi connectivity index (χ1n) is 4.94. The van der Waals surface area contributed by atoms with Crippen molar-refractivity contribution in [3.05, 3.63) is 30.1 Å². The predicted molar refractivity (Wildman–Crippen MR) is 52.9 cm³/mol. The second kappa shape index (κ2) is 4.42. The highest BCUT2D eigenvalue weighted by Crippen LogP contribution is 2.15. The molecule has 0 unspecified atom stereocenters. The normalized spacial score (nSPS) is 21.1. The van der Waals surface area contributed by atoms with Gasteiger partial charge in [0.1, 0.15) is 11.6 Å². The van der Waals surface area contributed by atoms with E-state index in [1.165, 1.54) is 12.1 Å². The summed E-state index contributed by atoms with van der Waals surface area (Å²) >= 11 is 0. The van der Waals surface area contributed by atoms with Crippen LogP contribution < -0.4 is 10.1 Å². The summed E-state index contributed by atoms with van der Waals surface area (Å²) in [7, 11) is 0. The first-order valence-corrected chi connectivity index (χ1v) is 4.94. The molecule has 0 bridgehead atoms. The standard InChI is InChI=1S/C11H14FNO/c12-10-2-1-3-11(6-10)14-8-9-4-5-13-7-9/h1-3,6,9,13H,4-5,7-8H2/t9-/m0/s1. The Hall–Kier alpha value is -1.09. The molecule has 0 aliphatic carbocycles. The van der Waals surface area contributed by atoms with E-state index in [2.05, 4.69) is 5.32 Å². The molecule has 3 heteroatoms. The van der Waals surface area contributed by atoms with Crippen molar-refractivity contribution >= 4 is 0 Å². The van der Waals surface area contributed by atoms with Crippen molar-refractivity contribution in [3.63, 3.8) is 0 Å². The Morgan fingerprint density at radius 1 is 1.50 bits per heavy atom. The lowest BCUT2D eigenvalue weighted by Crippen LogP contribution is -2.15. The summed E-state index contributed by atoms with van der Waals surface area (Å²) < 4.78 is 18.3. The third-order valence-electron chi connectivity index (χ3n) is 2.44. The van der Waals surface area contributed by atoms with Crippen LogP contribution in [0.25, 0.3) is 0 Å². The third kappa shape index (κ3) is 2.45. The minimum Gasteiger partial charge on any atom is -0.493 e. The molecule has 2 nitrogen and oxygen atoms in total. The lowest BCUT2D eigenvalue weighted by molar-refractivity contribution is 0.259. The van der Waals surface area contributed by atoms with E-state index in [4.69, 9.17) is 4.74 Å². The van der Waals surface area contributed by atoms with Gasteiger partial charge in [-0.2, -0.15) is 0 Å². The number of ether oxygens (including phenoxy) is 1. The van der Waals surface area contributed by atoms with Crippen molar-refractivity contribution in [2.24, 2.45) is 5.92 Å². The number of hydrogen-bond donors (Lipinski definition) is 1. The van der Waals surface area contributed by atoms with Gasteiger partial charge in [-0.05, 0) is 25.1 Å². The first-order chi connectivity index (χ1) is 6.84. The zero-order chi connectivity index (χ0) is 9.80. The second-order valence-corrected chi connectivity index (χ2v) is 3.63. The minimum absolute atomic E-state index is 0.243. The maximum Gasteiger partial charge on any atom is 0.126 e. The topological polar surface area (TPSA) is 21.3 Å². The molecule has 1 fully saturated rings. The summed E-state index contributed by atoms with van der Waals surface area (Å²) in [5, 5.41) is 3.27. The van der Waals surface area contributed by atoms with Crippen molar-refractivity contribution in [1.82, 2.24) is 5.32 Å². The Morgan fingerprint density at radius 3 is 3.14 bits per heavy atom. The van der Waals surface area contributed by atoms with Gasteiger partial charge in [0.25, 0.3) is 0 Å². The molecule has 2 rings (SSSR count). The SMILES string of the molecule is Fc1cccc(OC[C@H]2CCNC2)c1. The molecule has 1 saturated heterocycles. The zero-order valence-electron chi connectivity index (χ0n) is 8.00. The number of nitrogens with one attached hydrogen (secondary N) is 1. The summed E-state index contributed by atoms with van der Waals surface area (Å²) in [6.07, 6.45) is 1.15. The lowest BCUT2D eigenvalue weighted by Gasteiger charge is -2.10. The maximum absolute atomic E-state index is 12.8. The van der Waals surface area contributed by atoms with Gasteiger partial charge in [-0.25, -0.2) is 4.39 Å². The van der Waals surface area contributed by atoms with Crippen molar-refractivity contribution < 1.29 is 9.13 Å². The molecule has 0 aromatic heterocycles. The van der Waals surface area contributed by atoms with E-state index >= 15 is 0 Å². The smallest absolute Gasteiger partial charge is 0.126 e. The molecular formula is C11H14FNO. The molecule has 14 heavy (non-hydrogen) atoms. The van der Waals surface area contributed by atoms with Gasteiger partial charge < -0.3 is 10.1 Å². The fourth-order valence-corrected chi connectivity index (χ4v) is 1.63.